The number of rotatable bonds is 7. The Balaban J connectivity index is 1.42. The van der Waals surface area contributed by atoms with Crippen LogP contribution in [0.1, 0.15) is 5.69 Å². The Morgan fingerprint density at radius 2 is 2.03 bits per heavy atom. The van der Waals surface area contributed by atoms with Crippen molar-refractivity contribution in [2.75, 3.05) is 25.3 Å². The van der Waals surface area contributed by atoms with Crippen molar-refractivity contribution in [3.8, 4) is 22.8 Å². The van der Waals surface area contributed by atoms with Crippen LogP contribution in [0.5, 0.6) is 11.5 Å². The molecule has 0 bridgehead atoms. The van der Waals surface area contributed by atoms with Gasteiger partial charge in [-0.1, -0.05) is 11.8 Å². The van der Waals surface area contributed by atoms with Crippen LogP contribution in [0, 0.1) is 6.92 Å². The van der Waals surface area contributed by atoms with Crippen molar-refractivity contribution in [3.63, 3.8) is 0 Å². The number of thiazole rings is 1. The number of aryl methyl sites for hydroxylation is 1. The van der Waals surface area contributed by atoms with Crippen LogP contribution in [0.15, 0.2) is 41.0 Å². The summed E-state index contributed by atoms with van der Waals surface area (Å²) >= 11 is 2.73. The Kier molecular flexibility index (Phi) is 5.81. The number of anilines is 1. The molecule has 30 heavy (non-hydrogen) atoms. The van der Waals surface area contributed by atoms with Gasteiger partial charge >= 0.3 is 0 Å². The zero-order valence-corrected chi connectivity index (χ0v) is 18.1. The highest BCUT2D eigenvalue weighted by Gasteiger charge is 2.13. The molecule has 0 saturated carbocycles. The first-order chi connectivity index (χ1) is 14.6. The summed E-state index contributed by atoms with van der Waals surface area (Å²) in [6.07, 6.45) is 1.44. The topological polar surface area (TPSA) is 104 Å². The van der Waals surface area contributed by atoms with E-state index in [1.165, 1.54) is 29.4 Å². The van der Waals surface area contributed by atoms with Crippen LogP contribution in [-0.4, -0.2) is 50.4 Å². The third kappa shape index (κ3) is 4.21. The summed E-state index contributed by atoms with van der Waals surface area (Å²) < 4.78 is 12.2. The summed E-state index contributed by atoms with van der Waals surface area (Å²) in [6, 6.07) is 7.44. The largest absolute Gasteiger partial charge is 0.493 e. The molecule has 0 aliphatic heterocycles. The van der Waals surface area contributed by atoms with Gasteiger partial charge in [0.15, 0.2) is 16.6 Å². The lowest BCUT2D eigenvalue weighted by Gasteiger charge is -2.08. The maximum atomic E-state index is 12.4. The summed E-state index contributed by atoms with van der Waals surface area (Å²) in [6.45, 7) is 1.88. The number of thioether (sulfide) groups is 1. The minimum absolute atomic E-state index is 0.157. The van der Waals surface area contributed by atoms with E-state index in [2.05, 4.69) is 25.4 Å². The van der Waals surface area contributed by atoms with Gasteiger partial charge in [0, 0.05) is 16.6 Å². The van der Waals surface area contributed by atoms with E-state index in [9.17, 15) is 4.79 Å². The van der Waals surface area contributed by atoms with E-state index >= 15 is 0 Å². The minimum Gasteiger partial charge on any atom is -0.493 e. The molecule has 0 spiro atoms. The molecule has 0 unspecified atom stereocenters. The van der Waals surface area contributed by atoms with E-state index in [4.69, 9.17) is 9.47 Å². The predicted octanol–water partition coefficient (Wildman–Crippen LogP) is 3.30. The van der Waals surface area contributed by atoms with Crippen LogP contribution in [0.25, 0.3) is 17.0 Å². The van der Waals surface area contributed by atoms with Gasteiger partial charge in [-0.3, -0.25) is 4.79 Å². The van der Waals surface area contributed by atoms with Crippen molar-refractivity contribution in [1.29, 1.82) is 0 Å². The lowest BCUT2D eigenvalue weighted by molar-refractivity contribution is -0.113. The monoisotopic (exact) mass is 442 g/mol. The molecular weight excluding hydrogens is 424 g/mol. The summed E-state index contributed by atoms with van der Waals surface area (Å²) in [7, 11) is 3.18. The molecular formula is C19H18N6O3S2. The molecule has 154 valence electrons. The molecule has 1 aromatic carbocycles. The van der Waals surface area contributed by atoms with Crippen molar-refractivity contribution in [3.05, 3.63) is 41.7 Å². The van der Waals surface area contributed by atoms with Gasteiger partial charge in [0.2, 0.25) is 5.91 Å². The van der Waals surface area contributed by atoms with Gasteiger partial charge in [-0.05, 0) is 31.2 Å². The Morgan fingerprint density at radius 1 is 1.20 bits per heavy atom. The third-order valence-electron chi connectivity index (χ3n) is 4.13. The molecule has 3 aromatic heterocycles. The zero-order chi connectivity index (χ0) is 21.1. The van der Waals surface area contributed by atoms with Gasteiger partial charge in [-0.25, -0.2) is 9.97 Å². The zero-order valence-electron chi connectivity index (χ0n) is 16.4. The van der Waals surface area contributed by atoms with Gasteiger partial charge in [-0.15, -0.1) is 11.3 Å². The lowest BCUT2D eigenvalue weighted by Crippen LogP contribution is -2.14. The predicted molar refractivity (Wildman–Crippen MR) is 116 cm³/mol. The quantitative estimate of drug-likeness (QED) is 0.343. The number of fused-ring (bicyclic) bond motifs is 1. The first-order valence-corrected chi connectivity index (χ1v) is 10.7. The molecule has 3 heterocycles. The molecule has 0 saturated heterocycles. The molecule has 1 N–H and O–H groups in total. The average Bonchev–Trinajstić information content (AvgIpc) is 3.41. The Hall–Kier alpha value is -3.18. The number of nitrogens with zero attached hydrogens (tertiary/aromatic N) is 5. The van der Waals surface area contributed by atoms with Crippen molar-refractivity contribution < 1.29 is 14.3 Å². The van der Waals surface area contributed by atoms with Crippen LogP contribution in [-0.2, 0) is 4.79 Å². The number of carbonyl (C=O) groups excluding carboxylic acids is 1. The first-order valence-electron chi connectivity index (χ1n) is 8.85. The van der Waals surface area contributed by atoms with Gasteiger partial charge in [0.1, 0.15) is 11.4 Å². The fourth-order valence-electron chi connectivity index (χ4n) is 2.75. The van der Waals surface area contributed by atoms with Gasteiger partial charge in [-0.2, -0.15) is 14.6 Å². The molecule has 4 rings (SSSR count). The summed E-state index contributed by atoms with van der Waals surface area (Å²) in [4.78, 5) is 25.3. The molecule has 4 aromatic rings. The maximum Gasteiger partial charge on any atom is 0.253 e. The van der Waals surface area contributed by atoms with Crippen molar-refractivity contribution in [1.82, 2.24) is 24.6 Å². The SMILES string of the molecule is COc1ccc(-c2csc(NC(=O)CSc3cc(C)nc4ncnn34)n2)cc1OC. The molecule has 11 heteroatoms. The van der Waals surface area contributed by atoms with E-state index in [0.29, 0.717) is 22.4 Å². The smallest absolute Gasteiger partial charge is 0.253 e. The highest BCUT2D eigenvalue weighted by Crippen LogP contribution is 2.33. The number of benzene rings is 1. The minimum atomic E-state index is -0.157. The molecule has 1 amide bonds. The van der Waals surface area contributed by atoms with E-state index in [1.807, 2.05) is 36.6 Å². The van der Waals surface area contributed by atoms with Gasteiger partial charge in [0.25, 0.3) is 5.78 Å². The molecule has 0 fully saturated rings. The number of methoxy groups -OCH3 is 2. The highest BCUT2D eigenvalue weighted by atomic mass is 32.2. The van der Waals surface area contributed by atoms with Crippen molar-refractivity contribution in [2.24, 2.45) is 0 Å². The fraction of sp³-hybridized carbons (Fsp3) is 0.211. The van der Waals surface area contributed by atoms with Crippen LogP contribution in [0.4, 0.5) is 5.13 Å². The number of aromatic nitrogens is 5. The lowest BCUT2D eigenvalue weighted by atomic mass is 10.1. The first kappa shape index (κ1) is 20.1. The molecule has 0 aliphatic rings. The van der Waals surface area contributed by atoms with Crippen molar-refractivity contribution >= 4 is 39.9 Å². The third-order valence-corrected chi connectivity index (χ3v) is 5.88. The second-order valence-corrected chi connectivity index (χ2v) is 8.01. The fourth-order valence-corrected chi connectivity index (χ4v) is 4.35. The molecule has 0 radical (unpaired) electrons. The number of hydrogen-bond acceptors (Lipinski definition) is 9. The molecule has 9 nitrogen and oxygen atoms in total. The van der Waals surface area contributed by atoms with Crippen LogP contribution < -0.4 is 14.8 Å². The number of carbonyl (C=O) groups is 1. The Labute approximate surface area is 180 Å². The highest BCUT2D eigenvalue weighted by molar-refractivity contribution is 7.99. The van der Waals surface area contributed by atoms with Crippen LogP contribution in [0.3, 0.4) is 0 Å². The summed E-state index contributed by atoms with van der Waals surface area (Å²) in [5.41, 5.74) is 2.44. The van der Waals surface area contributed by atoms with Crippen molar-refractivity contribution in [2.45, 2.75) is 11.9 Å². The van der Waals surface area contributed by atoms with Gasteiger partial charge in [0.05, 0.1) is 25.7 Å². The van der Waals surface area contributed by atoms with Crippen LogP contribution in [0.2, 0.25) is 0 Å². The maximum absolute atomic E-state index is 12.4. The molecule has 0 atom stereocenters. The Morgan fingerprint density at radius 3 is 2.83 bits per heavy atom. The number of ether oxygens (including phenoxy) is 2. The normalized spacial score (nSPS) is 10.9. The summed E-state index contributed by atoms with van der Waals surface area (Å²) in [5, 5.41) is 10.2. The summed E-state index contributed by atoms with van der Waals surface area (Å²) in [5.74, 6) is 1.84. The number of nitrogens with one attached hydrogen (secondary N) is 1. The van der Waals surface area contributed by atoms with E-state index in [-0.39, 0.29) is 11.7 Å². The van der Waals surface area contributed by atoms with Gasteiger partial charge < -0.3 is 14.8 Å². The second kappa shape index (κ2) is 8.67. The number of amides is 1. The molecule has 0 aliphatic carbocycles. The van der Waals surface area contributed by atoms with E-state index < -0.39 is 0 Å². The number of hydrogen-bond donors (Lipinski definition) is 1. The van der Waals surface area contributed by atoms with E-state index in [0.717, 1.165) is 22.0 Å². The van der Waals surface area contributed by atoms with Crippen LogP contribution >= 0.6 is 23.1 Å². The Bertz CT molecular complexity index is 1210. The van der Waals surface area contributed by atoms with E-state index in [1.54, 1.807) is 18.7 Å². The average molecular weight is 443 g/mol. The standard InChI is InChI=1S/C19H18N6O3S2/c1-11-6-17(25-18(22-11)20-10-21-25)29-9-16(26)24-19-23-13(8-30-19)12-4-5-14(27-2)15(7-12)28-3/h4-8,10H,9H2,1-3H3,(H,23,24,26). The second-order valence-electron chi connectivity index (χ2n) is 6.15.